The third-order valence-corrected chi connectivity index (χ3v) is 7.09. The smallest absolute Gasteiger partial charge is 0.408 e. The SMILES string of the molecule is CC(C)C[C@H](NC(=O)OCc1ccccc1)C(=O)N[C@@H](CCC(=O)O)C(=O)N[C@H](C(=O)NN(CC(=O)O)C(=O)/C=C/C(=O)Nc1ccccc1)[C@@H](C)O. The number of hydrazine groups is 1. The summed E-state index contributed by atoms with van der Waals surface area (Å²) in [5.74, 6) is -8.19. The molecule has 0 aliphatic carbocycles. The molecule has 0 unspecified atom stereocenters. The number of carboxylic acids is 2. The number of aliphatic carboxylic acids is 2. The average molecular weight is 741 g/mol. The Hall–Kier alpha value is -6.30. The maximum Gasteiger partial charge on any atom is 0.408 e. The second-order valence-electron chi connectivity index (χ2n) is 12.1. The molecule has 0 aliphatic rings. The number of nitrogens with zero attached hydrogens (tertiary/aromatic N) is 1. The van der Waals surface area contributed by atoms with Crippen LogP contribution >= 0.6 is 0 Å². The number of carboxylic acid groups (broad SMARTS) is 2. The Morgan fingerprint density at radius 2 is 1.36 bits per heavy atom. The lowest BCUT2D eigenvalue weighted by molar-refractivity contribution is -0.149. The van der Waals surface area contributed by atoms with Gasteiger partial charge in [-0.2, -0.15) is 0 Å². The molecule has 2 aromatic carbocycles. The molecule has 6 amide bonds. The second kappa shape index (κ2) is 21.8. The van der Waals surface area contributed by atoms with Crippen molar-refractivity contribution in [1.82, 2.24) is 26.4 Å². The van der Waals surface area contributed by atoms with Crippen LogP contribution in [0.3, 0.4) is 0 Å². The van der Waals surface area contributed by atoms with Crippen LogP contribution in [0.1, 0.15) is 45.6 Å². The van der Waals surface area contributed by atoms with Gasteiger partial charge in [0.05, 0.1) is 6.10 Å². The number of rotatable bonds is 19. The minimum atomic E-state index is -1.86. The van der Waals surface area contributed by atoms with Gasteiger partial charge in [0.2, 0.25) is 17.7 Å². The van der Waals surface area contributed by atoms with Crippen molar-refractivity contribution in [2.75, 3.05) is 11.9 Å². The standard InChI is InChI=1S/C35H44N6O12/c1-21(2)18-26(38-35(52)53-20-23-10-6-4-7-11-23)33(50)37-25(14-17-29(45)46)32(49)39-31(22(3)42)34(51)40-41(19-30(47)48)28(44)16-15-27(43)36-24-12-8-5-9-13-24/h4-13,15-16,21-22,25-26,31,42H,14,17-20H2,1-3H3,(H,36,43)(H,37,50)(H,38,52)(H,39,49)(H,40,51)(H,45,46)(H,47,48)/b16-15+/t22-,25+,26+,31+/m1/s1. The van der Waals surface area contributed by atoms with Crippen LogP contribution in [0.15, 0.2) is 72.8 Å². The monoisotopic (exact) mass is 740 g/mol. The van der Waals surface area contributed by atoms with Crippen LogP contribution in [0.4, 0.5) is 10.5 Å². The topological polar surface area (TPSA) is 270 Å². The van der Waals surface area contributed by atoms with E-state index in [0.717, 1.165) is 13.0 Å². The van der Waals surface area contributed by atoms with Crippen molar-refractivity contribution in [3.05, 3.63) is 78.4 Å². The molecule has 18 heteroatoms. The summed E-state index contributed by atoms with van der Waals surface area (Å²) in [6.07, 6.45) is -2.12. The molecule has 0 bridgehead atoms. The molecule has 18 nitrogen and oxygen atoms in total. The molecule has 0 spiro atoms. The molecule has 0 radical (unpaired) electrons. The number of aliphatic hydroxyl groups excluding tert-OH is 1. The number of aliphatic hydroxyl groups is 1. The highest BCUT2D eigenvalue weighted by Crippen LogP contribution is 2.10. The molecule has 2 aromatic rings. The molecule has 0 fully saturated rings. The van der Waals surface area contributed by atoms with Crippen LogP contribution in [-0.2, 0) is 44.9 Å². The first-order valence-electron chi connectivity index (χ1n) is 16.4. The van der Waals surface area contributed by atoms with Crippen LogP contribution in [0, 0.1) is 5.92 Å². The Labute approximate surface area is 304 Å². The van der Waals surface area contributed by atoms with E-state index in [1.807, 2.05) is 5.43 Å². The molecule has 0 aliphatic heterocycles. The normalized spacial score (nSPS) is 13.1. The van der Waals surface area contributed by atoms with E-state index in [1.165, 1.54) is 0 Å². The van der Waals surface area contributed by atoms with Gasteiger partial charge in [0.25, 0.3) is 11.8 Å². The minimum absolute atomic E-state index is 0.0913. The summed E-state index contributed by atoms with van der Waals surface area (Å²) in [6, 6.07) is 12.2. The Morgan fingerprint density at radius 1 is 0.755 bits per heavy atom. The lowest BCUT2D eigenvalue weighted by atomic mass is 10.0. The number of hydrogen-bond donors (Lipinski definition) is 8. The van der Waals surface area contributed by atoms with Gasteiger partial charge in [-0.05, 0) is 43.4 Å². The lowest BCUT2D eigenvalue weighted by Gasteiger charge is -2.28. The molecule has 0 aromatic heterocycles. The van der Waals surface area contributed by atoms with E-state index in [0.29, 0.717) is 22.3 Å². The first-order valence-corrected chi connectivity index (χ1v) is 16.4. The largest absolute Gasteiger partial charge is 0.481 e. The highest BCUT2D eigenvalue weighted by molar-refractivity contribution is 6.04. The van der Waals surface area contributed by atoms with Crippen LogP contribution in [-0.4, -0.2) is 98.7 Å². The third kappa shape index (κ3) is 16.5. The molecular weight excluding hydrogens is 696 g/mol. The first kappa shape index (κ1) is 42.9. The highest BCUT2D eigenvalue weighted by atomic mass is 16.5. The molecule has 8 N–H and O–H groups in total. The summed E-state index contributed by atoms with van der Waals surface area (Å²) >= 11 is 0. The molecule has 4 atom stereocenters. The fraction of sp³-hybridized carbons (Fsp3) is 0.371. The number of carbonyl (C=O) groups excluding carboxylic acids is 6. The second-order valence-corrected chi connectivity index (χ2v) is 12.1. The van der Waals surface area contributed by atoms with Crippen LogP contribution in [0.5, 0.6) is 0 Å². The number of anilines is 1. The number of para-hydroxylation sites is 1. The fourth-order valence-electron chi connectivity index (χ4n) is 4.53. The molecule has 286 valence electrons. The number of amides is 6. The van der Waals surface area contributed by atoms with E-state index in [1.54, 1.807) is 74.5 Å². The average Bonchev–Trinajstić information content (AvgIpc) is 3.09. The molecular formula is C35H44N6O12. The van der Waals surface area contributed by atoms with Gasteiger partial charge >= 0.3 is 18.0 Å². The molecule has 53 heavy (non-hydrogen) atoms. The predicted molar refractivity (Wildman–Crippen MR) is 187 cm³/mol. The summed E-state index contributed by atoms with van der Waals surface area (Å²) in [4.78, 5) is 100. The maximum atomic E-state index is 13.4. The summed E-state index contributed by atoms with van der Waals surface area (Å²) in [5.41, 5.74) is 3.08. The summed E-state index contributed by atoms with van der Waals surface area (Å²) < 4.78 is 5.20. The number of carbonyl (C=O) groups is 8. The number of alkyl carbamates (subject to hydrolysis) is 1. The summed E-state index contributed by atoms with van der Waals surface area (Å²) in [5, 5.41) is 38.8. The minimum Gasteiger partial charge on any atom is -0.481 e. The summed E-state index contributed by atoms with van der Waals surface area (Å²) in [6.45, 7) is 3.45. The van der Waals surface area contributed by atoms with Crippen molar-refractivity contribution in [2.45, 2.75) is 70.9 Å². The Kier molecular flexibility index (Phi) is 17.6. The van der Waals surface area contributed by atoms with Crippen molar-refractivity contribution >= 4 is 53.3 Å². The van der Waals surface area contributed by atoms with Crippen molar-refractivity contribution in [3.63, 3.8) is 0 Å². The van der Waals surface area contributed by atoms with Gasteiger partial charge in [0.15, 0.2) is 0 Å². The van der Waals surface area contributed by atoms with Crippen LogP contribution in [0.25, 0.3) is 0 Å². The van der Waals surface area contributed by atoms with Gasteiger partial charge in [0.1, 0.15) is 31.3 Å². The van der Waals surface area contributed by atoms with E-state index in [2.05, 4.69) is 21.3 Å². The van der Waals surface area contributed by atoms with Gasteiger partial charge < -0.3 is 41.3 Å². The predicted octanol–water partition coefficient (Wildman–Crippen LogP) is 0.682. The Bertz CT molecular complexity index is 1620. The van der Waals surface area contributed by atoms with Crippen LogP contribution in [0.2, 0.25) is 0 Å². The zero-order valence-corrected chi connectivity index (χ0v) is 29.3. The molecule has 0 heterocycles. The van der Waals surface area contributed by atoms with E-state index in [4.69, 9.17) is 4.74 Å². The first-order chi connectivity index (χ1) is 25.0. The van der Waals surface area contributed by atoms with Crippen molar-refractivity contribution < 1.29 is 58.4 Å². The number of nitrogens with one attached hydrogen (secondary N) is 5. The van der Waals surface area contributed by atoms with Gasteiger partial charge in [-0.1, -0.05) is 62.4 Å². The Balaban J connectivity index is 2.18. The fourth-order valence-corrected chi connectivity index (χ4v) is 4.53. The van der Waals surface area contributed by atoms with Gasteiger partial charge in [0, 0.05) is 24.3 Å². The van der Waals surface area contributed by atoms with Crippen LogP contribution < -0.4 is 26.7 Å². The molecule has 0 saturated carbocycles. The quantitative estimate of drug-likeness (QED) is 0.0730. The van der Waals surface area contributed by atoms with Crippen molar-refractivity contribution in [1.29, 1.82) is 0 Å². The maximum absolute atomic E-state index is 13.4. The van der Waals surface area contributed by atoms with E-state index < -0.39 is 91.2 Å². The van der Waals surface area contributed by atoms with E-state index in [-0.39, 0.29) is 18.9 Å². The van der Waals surface area contributed by atoms with Gasteiger partial charge in [-0.25, -0.2) is 9.80 Å². The highest BCUT2D eigenvalue weighted by Gasteiger charge is 2.33. The number of benzene rings is 2. The third-order valence-electron chi connectivity index (χ3n) is 7.09. The van der Waals surface area contributed by atoms with E-state index >= 15 is 0 Å². The van der Waals surface area contributed by atoms with Crippen molar-refractivity contribution in [2.24, 2.45) is 5.92 Å². The summed E-state index contributed by atoms with van der Waals surface area (Å²) in [7, 11) is 0. The molecule has 0 saturated heterocycles. The number of hydrogen-bond acceptors (Lipinski definition) is 10. The zero-order valence-electron chi connectivity index (χ0n) is 29.3. The molecule has 2 rings (SSSR count). The van der Waals surface area contributed by atoms with Gasteiger partial charge in [-0.15, -0.1) is 0 Å². The lowest BCUT2D eigenvalue weighted by Crippen LogP contribution is -2.61. The van der Waals surface area contributed by atoms with Gasteiger partial charge in [-0.3, -0.25) is 39.0 Å². The van der Waals surface area contributed by atoms with Crippen molar-refractivity contribution in [3.8, 4) is 0 Å². The zero-order chi connectivity index (χ0) is 39.5. The van der Waals surface area contributed by atoms with E-state index in [9.17, 15) is 53.7 Å². The number of ether oxygens (including phenoxy) is 1. The Morgan fingerprint density at radius 3 is 1.92 bits per heavy atom.